The molecule has 0 unspecified atom stereocenters. The molecule has 0 aliphatic carbocycles. The highest BCUT2D eigenvalue weighted by Crippen LogP contribution is 2.27. The Morgan fingerprint density at radius 1 is 1.33 bits per heavy atom. The minimum Gasteiger partial charge on any atom is -0.355 e. The summed E-state index contributed by atoms with van der Waals surface area (Å²) < 4.78 is 27.0. The van der Waals surface area contributed by atoms with Gasteiger partial charge in [-0.15, -0.1) is 0 Å². The highest BCUT2D eigenvalue weighted by atomic mass is 32.2. The average molecular weight is 312 g/mol. The number of rotatable bonds is 5. The molecule has 1 fully saturated rings. The molecule has 2 rings (SSSR count). The number of anilines is 1. The largest absolute Gasteiger partial charge is 0.355 e. The van der Waals surface area contributed by atoms with Crippen LogP contribution in [0.1, 0.15) is 26.7 Å². The van der Waals surface area contributed by atoms with Gasteiger partial charge in [-0.25, -0.2) is 13.4 Å². The Bertz CT molecular complexity index is 564. The topological polar surface area (TPSA) is 79.5 Å². The van der Waals surface area contributed by atoms with E-state index in [9.17, 15) is 8.42 Å². The lowest BCUT2D eigenvalue weighted by atomic mass is 10.1. The van der Waals surface area contributed by atoms with Crippen molar-refractivity contribution in [3.63, 3.8) is 0 Å². The minimum atomic E-state index is -3.50. The molecular formula is C14H24N4O2S. The Labute approximate surface area is 127 Å². The predicted molar refractivity (Wildman–Crippen MR) is 83.8 cm³/mol. The summed E-state index contributed by atoms with van der Waals surface area (Å²) in [5.41, 5.74) is 5.92. The molecular weight excluding hydrogens is 288 g/mol. The third-order valence-electron chi connectivity index (χ3n) is 3.91. The number of sulfonamides is 1. The normalized spacial score (nSPS) is 17.4. The second kappa shape index (κ2) is 6.72. The maximum absolute atomic E-state index is 12.8. The van der Waals surface area contributed by atoms with Crippen LogP contribution in [0, 0.1) is 0 Å². The third-order valence-corrected chi connectivity index (χ3v) is 5.98. The molecule has 2 N–H and O–H groups in total. The summed E-state index contributed by atoms with van der Waals surface area (Å²) in [5.74, 6) is 0.552. The lowest BCUT2D eigenvalue weighted by Crippen LogP contribution is -2.41. The van der Waals surface area contributed by atoms with Crippen LogP contribution in [0.25, 0.3) is 0 Å². The number of piperidine rings is 1. The molecule has 2 heterocycles. The van der Waals surface area contributed by atoms with E-state index < -0.39 is 10.0 Å². The molecule has 0 aromatic carbocycles. The maximum atomic E-state index is 12.8. The van der Waals surface area contributed by atoms with Gasteiger partial charge in [0.2, 0.25) is 10.0 Å². The van der Waals surface area contributed by atoms with Gasteiger partial charge in [0.25, 0.3) is 0 Å². The summed E-state index contributed by atoms with van der Waals surface area (Å²) in [4.78, 5) is 6.65. The zero-order valence-corrected chi connectivity index (χ0v) is 13.5. The molecule has 6 nitrogen and oxygen atoms in total. The first-order chi connectivity index (χ1) is 10.0. The predicted octanol–water partition coefficient (Wildman–Crippen LogP) is 1.04. The van der Waals surface area contributed by atoms with E-state index in [4.69, 9.17) is 5.73 Å². The molecule has 1 saturated heterocycles. The van der Waals surface area contributed by atoms with Crippen molar-refractivity contribution in [2.24, 2.45) is 5.73 Å². The molecule has 0 saturated carbocycles. The van der Waals surface area contributed by atoms with Crippen molar-refractivity contribution in [1.82, 2.24) is 9.29 Å². The van der Waals surface area contributed by atoms with Crippen LogP contribution in [0.5, 0.6) is 0 Å². The molecule has 1 aromatic rings. The Hall–Kier alpha value is -1.18. The van der Waals surface area contributed by atoms with E-state index in [2.05, 4.69) is 4.98 Å². The first-order valence-corrected chi connectivity index (χ1v) is 8.90. The van der Waals surface area contributed by atoms with E-state index in [1.807, 2.05) is 18.7 Å². The maximum Gasteiger partial charge on any atom is 0.246 e. The number of hydrogen-bond acceptors (Lipinski definition) is 5. The molecule has 0 spiro atoms. The van der Waals surface area contributed by atoms with E-state index in [1.54, 1.807) is 18.3 Å². The summed E-state index contributed by atoms with van der Waals surface area (Å²) in [6.07, 6.45) is 3.37. The number of pyridine rings is 1. The molecule has 1 aliphatic rings. The second-order valence-corrected chi connectivity index (χ2v) is 7.15. The fourth-order valence-electron chi connectivity index (χ4n) is 2.63. The summed E-state index contributed by atoms with van der Waals surface area (Å²) in [6, 6.07) is 3.52. The molecule has 1 aliphatic heterocycles. The van der Waals surface area contributed by atoms with Crippen molar-refractivity contribution in [1.29, 1.82) is 0 Å². The number of nitrogens with two attached hydrogens (primary N) is 1. The molecule has 7 heteroatoms. The van der Waals surface area contributed by atoms with Gasteiger partial charge < -0.3 is 10.6 Å². The molecule has 1 aromatic heterocycles. The van der Waals surface area contributed by atoms with Gasteiger partial charge >= 0.3 is 0 Å². The van der Waals surface area contributed by atoms with Gasteiger partial charge in [-0.3, -0.25) is 0 Å². The molecule has 0 bridgehead atoms. The van der Waals surface area contributed by atoms with Crippen molar-refractivity contribution < 1.29 is 8.42 Å². The first kappa shape index (κ1) is 16.2. The summed E-state index contributed by atoms with van der Waals surface area (Å²) in [5, 5.41) is 0. The Morgan fingerprint density at radius 3 is 2.52 bits per heavy atom. The number of hydrogen-bond donors (Lipinski definition) is 1. The zero-order chi connectivity index (χ0) is 15.5. The number of aromatic nitrogens is 1. The smallest absolute Gasteiger partial charge is 0.246 e. The standard InChI is InChI=1S/C14H24N4O2S/c1-3-18(4-2)21(19,20)13-6-5-9-16-14(13)17-10-7-12(15)8-11-17/h5-6,9,12H,3-4,7-8,10-11,15H2,1-2H3. The Kier molecular flexibility index (Phi) is 5.18. The Balaban J connectivity index is 2.37. The molecule has 0 amide bonds. The fraction of sp³-hybridized carbons (Fsp3) is 0.643. The van der Waals surface area contributed by atoms with Crippen LogP contribution in [-0.4, -0.2) is 49.9 Å². The van der Waals surface area contributed by atoms with E-state index in [0.717, 1.165) is 25.9 Å². The summed E-state index contributed by atoms with van der Waals surface area (Å²) in [7, 11) is -3.50. The quantitative estimate of drug-likeness (QED) is 0.879. The van der Waals surface area contributed by atoms with Crippen LogP contribution in [-0.2, 0) is 10.0 Å². The van der Waals surface area contributed by atoms with Crippen molar-refractivity contribution in [2.75, 3.05) is 31.1 Å². The van der Waals surface area contributed by atoms with Crippen molar-refractivity contribution in [3.05, 3.63) is 18.3 Å². The zero-order valence-electron chi connectivity index (χ0n) is 12.7. The second-order valence-electron chi connectivity index (χ2n) is 5.24. The molecule has 21 heavy (non-hydrogen) atoms. The summed E-state index contributed by atoms with van der Waals surface area (Å²) >= 11 is 0. The lowest BCUT2D eigenvalue weighted by molar-refractivity contribution is 0.444. The average Bonchev–Trinajstić information content (AvgIpc) is 2.49. The van der Waals surface area contributed by atoms with Gasteiger partial charge in [0.15, 0.2) is 0 Å². The van der Waals surface area contributed by atoms with Crippen molar-refractivity contribution in [3.8, 4) is 0 Å². The summed E-state index contributed by atoms with van der Waals surface area (Å²) in [6.45, 7) is 6.10. The van der Waals surface area contributed by atoms with Crippen LogP contribution in [0.4, 0.5) is 5.82 Å². The van der Waals surface area contributed by atoms with Gasteiger partial charge in [-0.1, -0.05) is 13.8 Å². The SMILES string of the molecule is CCN(CC)S(=O)(=O)c1cccnc1N1CCC(N)CC1. The van der Waals surface area contributed by atoms with Gasteiger partial charge in [-0.05, 0) is 25.0 Å². The van der Waals surface area contributed by atoms with Gasteiger partial charge in [0.1, 0.15) is 10.7 Å². The van der Waals surface area contributed by atoms with E-state index in [-0.39, 0.29) is 6.04 Å². The van der Waals surface area contributed by atoms with Crippen molar-refractivity contribution >= 4 is 15.8 Å². The highest BCUT2D eigenvalue weighted by Gasteiger charge is 2.28. The molecule has 0 radical (unpaired) electrons. The van der Waals surface area contributed by atoms with Gasteiger partial charge in [-0.2, -0.15) is 4.31 Å². The molecule has 0 atom stereocenters. The monoisotopic (exact) mass is 312 g/mol. The van der Waals surface area contributed by atoms with Crippen LogP contribution < -0.4 is 10.6 Å². The van der Waals surface area contributed by atoms with Crippen LogP contribution in [0.2, 0.25) is 0 Å². The fourth-order valence-corrected chi connectivity index (χ4v) is 4.26. The van der Waals surface area contributed by atoms with Crippen molar-refractivity contribution in [2.45, 2.75) is 37.6 Å². The van der Waals surface area contributed by atoms with E-state index >= 15 is 0 Å². The first-order valence-electron chi connectivity index (χ1n) is 7.46. The third kappa shape index (κ3) is 3.36. The molecule has 118 valence electrons. The minimum absolute atomic E-state index is 0.202. The highest BCUT2D eigenvalue weighted by molar-refractivity contribution is 7.89. The van der Waals surface area contributed by atoms with E-state index in [1.165, 1.54) is 4.31 Å². The lowest BCUT2D eigenvalue weighted by Gasteiger charge is -2.32. The van der Waals surface area contributed by atoms with Crippen LogP contribution in [0.15, 0.2) is 23.2 Å². The van der Waals surface area contributed by atoms with E-state index in [0.29, 0.717) is 23.8 Å². The Morgan fingerprint density at radius 2 is 1.95 bits per heavy atom. The van der Waals surface area contributed by atoms with Crippen LogP contribution >= 0.6 is 0 Å². The van der Waals surface area contributed by atoms with Crippen LogP contribution in [0.3, 0.4) is 0 Å². The van der Waals surface area contributed by atoms with Gasteiger partial charge in [0, 0.05) is 38.4 Å². The number of nitrogens with zero attached hydrogens (tertiary/aromatic N) is 3. The van der Waals surface area contributed by atoms with Gasteiger partial charge in [0.05, 0.1) is 0 Å².